The second-order valence-electron chi connectivity index (χ2n) is 7.68. The zero-order valence-corrected chi connectivity index (χ0v) is 17.8. The Labute approximate surface area is 180 Å². The van der Waals surface area contributed by atoms with Crippen LogP contribution in [-0.2, 0) is 35.4 Å². The third kappa shape index (κ3) is 5.13. The Morgan fingerprint density at radius 2 is 1.73 bits per heavy atom. The molecule has 6 heteroatoms. The van der Waals surface area contributed by atoms with Crippen molar-refractivity contribution in [2.24, 2.45) is 0 Å². The number of rotatable bonds is 6. The van der Waals surface area contributed by atoms with Gasteiger partial charge in [-0.15, -0.1) is 11.3 Å². The SMILES string of the molecule is CC(=O)NCc1ccc(-c2csc(NC(=O)Cc3ccc4c(c3)CCCC4)n2)cc1. The van der Waals surface area contributed by atoms with E-state index in [1.807, 2.05) is 29.6 Å². The van der Waals surface area contributed by atoms with Crippen molar-refractivity contribution in [1.82, 2.24) is 10.3 Å². The summed E-state index contributed by atoms with van der Waals surface area (Å²) in [6, 6.07) is 14.3. The lowest BCUT2D eigenvalue weighted by Crippen LogP contribution is -2.18. The summed E-state index contributed by atoms with van der Waals surface area (Å²) < 4.78 is 0. The first-order valence-corrected chi connectivity index (χ1v) is 11.1. The van der Waals surface area contributed by atoms with Crippen molar-refractivity contribution in [3.05, 3.63) is 70.1 Å². The van der Waals surface area contributed by atoms with Crippen LogP contribution in [0.2, 0.25) is 0 Å². The number of benzene rings is 2. The van der Waals surface area contributed by atoms with Gasteiger partial charge in [0.15, 0.2) is 5.13 Å². The van der Waals surface area contributed by atoms with E-state index in [2.05, 4.69) is 33.8 Å². The van der Waals surface area contributed by atoms with E-state index in [4.69, 9.17) is 0 Å². The molecule has 0 atom stereocenters. The molecule has 2 amide bonds. The molecule has 2 N–H and O–H groups in total. The van der Waals surface area contributed by atoms with Crippen LogP contribution < -0.4 is 10.6 Å². The van der Waals surface area contributed by atoms with E-state index in [9.17, 15) is 9.59 Å². The summed E-state index contributed by atoms with van der Waals surface area (Å²) in [5.41, 5.74) is 6.72. The van der Waals surface area contributed by atoms with Gasteiger partial charge < -0.3 is 10.6 Å². The second kappa shape index (κ2) is 9.22. The molecule has 3 aromatic rings. The zero-order valence-electron chi connectivity index (χ0n) is 17.0. The average molecular weight is 420 g/mol. The number of carbonyl (C=O) groups excluding carboxylic acids is 2. The summed E-state index contributed by atoms with van der Waals surface area (Å²) in [5.74, 6) is -0.0911. The van der Waals surface area contributed by atoms with Crippen LogP contribution in [0, 0.1) is 0 Å². The molecule has 0 aliphatic heterocycles. The van der Waals surface area contributed by atoms with Crippen molar-refractivity contribution < 1.29 is 9.59 Å². The smallest absolute Gasteiger partial charge is 0.230 e. The van der Waals surface area contributed by atoms with Crippen LogP contribution in [0.5, 0.6) is 0 Å². The Hall–Kier alpha value is -2.99. The number of amides is 2. The van der Waals surface area contributed by atoms with Gasteiger partial charge in [0.25, 0.3) is 0 Å². The number of anilines is 1. The Morgan fingerprint density at radius 3 is 2.50 bits per heavy atom. The maximum Gasteiger partial charge on any atom is 0.230 e. The van der Waals surface area contributed by atoms with Crippen molar-refractivity contribution in [3.63, 3.8) is 0 Å². The van der Waals surface area contributed by atoms with Crippen molar-refractivity contribution in [1.29, 1.82) is 0 Å². The fourth-order valence-corrected chi connectivity index (χ4v) is 4.47. The Kier molecular flexibility index (Phi) is 6.23. The van der Waals surface area contributed by atoms with Gasteiger partial charge in [0.1, 0.15) is 0 Å². The topological polar surface area (TPSA) is 71.1 Å². The molecule has 0 saturated heterocycles. The Morgan fingerprint density at radius 1 is 1.00 bits per heavy atom. The van der Waals surface area contributed by atoms with Crippen LogP contribution in [0.25, 0.3) is 11.3 Å². The molecule has 0 saturated carbocycles. The van der Waals surface area contributed by atoms with E-state index < -0.39 is 0 Å². The number of aryl methyl sites for hydroxylation is 2. The summed E-state index contributed by atoms with van der Waals surface area (Å²) in [7, 11) is 0. The minimum absolute atomic E-state index is 0.0442. The first-order chi connectivity index (χ1) is 14.6. The van der Waals surface area contributed by atoms with Crippen molar-refractivity contribution >= 4 is 28.3 Å². The van der Waals surface area contributed by atoms with E-state index in [1.54, 1.807) is 0 Å². The van der Waals surface area contributed by atoms with Crippen LogP contribution in [0.3, 0.4) is 0 Å². The van der Waals surface area contributed by atoms with E-state index in [1.165, 1.54) is 42.2 Å². The molecule has 1 aliphatic carbocycles. The van der Waals surface area contributed by atoms with Crippen LogP contribution in [-0.4, -0.2) is 16.8 Å². The Bertz CT molecular complexity index is 1060. The minimum Gasteiger partial charge on any atom is -0.352 e. The number of thiazole rings is 1. The van der Waals surface area contributed by atoms with Gasteiger partial charge in [-0.1, -0.05) is 42.5 Å². The average Bonchev–Trinajstić information content (AvgIpc) is 3.20. The lowest BCUT2D eigenvalue weighted by Gasteiger charge is -2.16. The number of hydrogen-bond donors (Lipinski definition) is 2. The molecule has 154 valence electrons. The molecule has 0 fully saturated rings. The van der Waals surface area contributed by atoms with E-state index >= 15 is 0 Å². The quantitative estimate of drug-likeness (QED) is 0.618. The van der Waals surface area contributed by atoms with E-state index in [-0.39, 0.29) is 11.8 Å². The monoisotopic (exact) mass is 419 g/mol. The summed E-state index contributed by atoms with van der Waals surface area (Å²) in [6.07, 6.45) is 5.12. The van der Waals surface area contributed by atoms with Crippen LogP contribution >= 0.6 is 11.3 Å². The lowest BCUT2D eigenvalue weighted by molar-refractivity contribution is -0.119. The molecule has 1 aromatic heterocycles. The molecule has 4 rings (SSSR count). The number of nitrogens with zero attached hydrogens (tertiary/aromatic N) is 1. The van der Waals surface area contributed by atoms with Crippen molar-refractivity contribution in [2.45, 2.75) is 45.6 Å². The summed E-state index contributed by atoms with van der Waals surface area (Å²) in [4.78, 5) is 28.1. The van der Waals surface area contributed by atoms with Gasteiger partial charge in [-0.2, -0.15) is 0 Å². The van der Waals surface area contributed by atoms with Crippen LogP contribution in [0.1, 0.15) is 42.0 Å². The van der Waals surface area contributed by atoms with Gasteiger partial charge in [-0.25, -0.2) is 4.98 Å². The molecule has 5 nitrogen and oxygen atoms in total. The second-order valence-corrected chi connectivity index (χ2v) is 8.54. The lowest BCUT2D eigenvalue weighted by atomic mass is 9.90. The summed E-state index contributed by atoms with van der Waals surface area (Å²) in [5, 5.41) is 8.26. The predicted octanol–water partition coefficient (Wildman–Crippen LogP) is 4.51. The fraction of sp³-hybridized carbons (Fsp3) is 0.292. The van der Waals surface area contributed by atoms with Gasteiger partial charge in [0, 0.05) is 24.4 Å². The van der Waals surface area contributed by atoms with Crippen LogP contribution in [0.15, 0.2) is 47.8 Å². The molecule has 1 heterocycles. The third-order valence-electron chi connectivity index (χ3n) is 5.32. The van der Waals surface area contributed by atoms with E-state index in [0.29, 0.717) is 18.1 Å². The highest BCUT2D eigenvalue weighted by molar-refractivity contribution is 7.14. The highest BCUT2D eigenvalue weighted by Crippen LogP contribution is 2.26. The molecule has 2 aromatic carbocycles. The molecule has 0 unspecified atom stereocenters. The molecule has 0 radical (unpaired) electrons. The maximum absolute atomic E-state index is 12.5. The van der Waals surface area contributed by atoms with Crippen molar-refractivity contribution in [3.8, 4) is 11.3 Å². The summed E-state index contributed by atoms with van der Waals surface area (Å²) >= 11 is 1.42. The molecule has 0 bridgehead atoms. The third-order valence-corrected chi connectivity index (χ3v) is 6.08. The largest absolute Gasteiger partial charge is 0.352 e. The van der Waals surface area contributed by atoms with Gasteiger partial charge in [-0.05, 0) is 47.9 Å². The number of fused-ring (bicyclic) bond motifs is 1. The molecular weight excluding hydrogens is 394 g/mol. The first-order valence-electron chi connectivity index (χ1n) is 10.3. The molecular formula is C24H25N3O2S. The number of hydrogen-bond acceptors (Lipinski definition) is 4. The van der Waals surface area contributed by atoms with Gasteiger partial charge in [-0.3, -0.25) is 9.59 Å². The van der Waals surface area contributed by atoms with Gasteiger partial charge in [0.2, 0.25) is 11.8 Å². The molecule has 0 spiro atoms. The maximum atomic E-state index is 12.5. The number of carbonyl (C=O) groups is 2. The Balaban J connectivity index is 1.36. The van der Waals surface area contributed by atoms with Gasteiger partial charge >= 0.3 is 0 Å². The standard InChI is InChI=1S/C24H25N3O2S/c1-16(28)25-14-17-6-10-20(11-7-17)22-15-30-24(26-22)27-23(29)13-18-8-9-19-4-2-3-5-21(19)12-18/h6-12,15H,2-5,13-14H2,1H3,(H,25,28)(H,26,27,29). The highest BCUT2D eigenvalue weighted by Gasteiger charge is 2.13. The highest BCUT2D eigenvalue weighted by atomic mass is 32.1. The zero-order chi connectivity index (χ0) is 20.9. The van der Waals surface area contributed by atoms with Crippen molar-refractivity contribution in [2.75, 3.05) is 5.32 Å². The number of nitrogens with one attached hydrogen (secondary N) is 2. The van der Waals surface area contributed by atoms with Crippen LogP contribution in [0.4, 0.5) is 5.13 Å². The van der Waals surface area contributed by atoms with Gasteiger partial charge in [0.05, 0.1) is 12.1 Å². The summed E-state index contributed by atoms with van der Waals surface area (Å²) in [6.45, 7) is 2.02. The molecule has 1 aliphatic rings. The first kappa shape index (κ1) is 20.3. The fourth-order valence-electron chi connectivity index (χ4n) is 3.73. The normalized spacial score (nSPS) is 12.8. The molecule has 30 heavy (non-hydrogen) atoms. The van der Waals surface area contributed by atoms with E-state index in [0.717, 1.165) is 35.2 Å². The predicted molar refractivity (Wildman–Crippen MR) is 120 cm³/mol. The number of aromatic nitrogens is 1. The minimum atomic E-state index is -0.0469.